The minimum absolute atomic E-state index is 0.115. The quantitative estimate of drug-likeness (QED) is 0.879. The lowest BCUT2D eigenvalue weighted by molar-refractivity contribution is 0.242. The highest BCUT2D eigenvalue weighted by Crippen LogP contribution is 2.20. The van der Waals surface area contributed by atoms with E-state index in [9.17, 15) is 0 Å². The Hall–Kier alpha value is -2.37. The second-order valence-electron chi connectivity index (χ2n) is 6.36. The molecule has 0 saturated heterocycles. The monoisotopic (exact) mass is 301 g/mol. The average molecular weight is 301 g/mol. The zero-order valence-corrected chi connectivity index (χ0v) is 13.7. The third kappa shape index (κ3) is 5.20. The number of nitrogens with one attached hydrogen (secondary N) is 2. The van der Waals surface area contributed by atoms with Gasteiger partial charge in [0, 0.05) is 11.2 Å². The molecule has 0 fully saturated rings. The summed E-state index contributed by atoms with van der Waals surface area (Å²) < 4.78 is 5.62. The number of benzene rings is 1. The standard InChI is InChI=1S/C16H23N5O/c1-11(2)22-13-8-6-12(7-9-13)18-14-10-17-21-15(19-14)20-16(3,4)5/h6-11H,1-5H3,(H2,18,19,20,21). The Morgan fingerprint density at radius 1 is 1.09 bits per heavy atom. The Balaban J connectivity index is 2.05. The van der Waals surface area contributed by atoms with Gasteiger partial charge in [-0.15, -0.1) is 5.10 Å². The van der Waals surface area contributed by atoms with E-state index in [1.54, 1.807) is 6.20 Å². The van der Waals surface area contributed by atoms with Crippen molar-refractivity contribution in [1.29, 1.82) is 0 Å². The third-order valence-electron chi connectivity index (χ3n) is 2.54. The predicted molar refractivity (Wildman–Crippen MR) is 88.7 cm³/mol. The van der Waals surface area contributed by atoms with Gasteiger partial charge in [-0.2, -0.15) is 10.1 Å². The zero-order chi connectivity index (χ0) is 16.2. The number of hydrogen-bond acceptors (Lipinski definition) is 6. The van der Waals surface area contributed by atoms with Crippen molar-refractivity contribution in [3.05, 3.63) is 30.5 Å². The summed E-state index contributed by atoms with van der Waals surface area (Å²) >= 11 is 0. The van der Waals surface area contributed by atoms with Crippen LogP contribution in [0.3, 0.4) is 0 Å². The highest BCUT2D eigenvalue weighted by atomic mass is 16.5. The lowest BCUT2D eigenvalue weighted by Gasteiger charge is -2.20. The summed E-state index contributed by atoms with van der Waals surface area (Å²) in [6.45, 7) is 10.1. The molecule has 6 heteroatoms. The van der Waals surface area contributed by atoms with Crippen molar-refractivity contribution in [2.75, 3.05) is 10.6 Å². The normalized spacial score (nSPS) is 11.4. The molecular formula is C16H23N5O. The van der Waals surface area contributed by atoms with Crippen LogP contribution in [0.4, 0.5) is 17.5 Å². The van der Waals surface area contributed by atoms with E-state index < -0.39 is 0 Å². The van der Waals surface area contributed by atoms with Crippen molar-refractivity contribution in [2.45, 2.75) is 46.3 Å². The molecule has 0 aliphatic heterocycles. The number of rotatable bonds is 5. The van der Waals surface area contributed by atoms with Gasteiger partial charge in [0.2, 0.25) is 5.95 Å². The van der Waals surface area contributed by atoms with Gasteiger partial charge >= 0.3 is 0 Å². The summed E-state index contributed by atoms with van der Waals surface area (Å²) in [6.07, 6.45) is 1.75. The molecule has 2 rings (SSSR count). The molecule has 0 saturated carbocycles. The molecule has 1 heterocycles. The minimum atomic E-state index is -0.115. The highest BCUT2D eigenvalue weighted by molar-refractivity contribution is 5.57. The fraction of sp³-hybridized carbons (Fsp3) is 0.438. The summed E-state index contributed by atoms with van der Waals surface area (Å²) in [5.41, 5.74) is 0.800. The lowest BCUT2D eigenvalue weighted by Crippen LogP contribution is -2.27. The molecule has 0 bridgehead atoms. The number of hydrogen-bond donors (Lipinski definition) is 2. The van der Waals surface area contributed by atoms with E-state index in [2.05, 4.69) is 25.8 Å². The van der Waals surface area contributed by atoms with E-state index in [1.165, 1.54) is 0 Å². The van der Waals surface area contributed by atoms with Crippen LogP contribution >= 0.6 is 0 Å². The van der Waals surface area contributed by atoms with Crippen LogP contribution in [0.5, 0.6) is 5.75 Å². The SMILES string of the molecule is CC(C)Oc1ccc(Nc2cnnc(NC(C)(C)C)n2)cc1. The van der Waals surface area contributed by atoms with Gasteiger partial charge in [0.05, 0.1) is 12.3 Å². The van der Waals surface area contributed by atoms with E-state index in [-0.39, 0.29) is 11.6 Å². The molecule has 0 spiro atoms. The number of ether oxygens (including phenoxy) is 1. The maximum Gasteiger partial charge on any atom is 0.245 e. The Morgan fingerprint density at radius 2 is 1.77 bits per heavy atom. The Bertz CT molecular complexity index is 605. The topological polar surface area (TPSA) is 72.0 Å². The summed E-state index contributed by atoms with van der Waals surface area (Å²) in [5, 5.41) is 14.3. The van der Waals surface area contributed by atoms with Crippen molar-refractivity contribution in [3.8, 4) is 5.75 Å². The van der Waals surface area contributed by atoms with E-state index in [0.29, 0.717) is 11.8 Å². The average Bonchev–Trinajstić information content (AvgIpc) is 2.39. The summed E-state index contributed by atoms with van der Waals surface area (Å²) in [6, 6.07) is 7.73. The first kappa shape index (κ1) is 16.0. The molecule has 1 aromatic carbocycles. The van der Waals surface area contributed by atoms with Crippen LogP contribution in [-0.4, -0.2) is 26.8 Å². The molecule has 0 unspecified atom stereocenters. The van der Waals surface area contributed by atoms with E-state index in [4.69, 9.17) is 4.74 Å². The van der Waals surface area contributed by atoms with Gasteiger partial charge < -0.3 is 15.4 Å². The van der Waals surface area contributed by atoms with E-state index in [0.717, 1.165) is 11.4 Å². The lowest BCUT2D eigenvalue weighted by atomic mass is 10.1. The molecule has 6 nitrogen and oxygen atoms in total. The molecule has 2 aromatic rings. The minimum Gasteiger partial charge on any atom is -0.491 e. The van der Waals surface area contributed by atoms with Crippen LogP contribution in [0.1, 0.15) is 34.6 Å². The van der Waals surface area contributed by atoms with Crippen LogP contribution in [-0.2, 0) is 0 Å². The first-order valence-electron chi connectivity index (χ1n) is 7.33. The summed E-state index contributed by atoms with van der Waals surface area (Å²) in [7, 11) is 0. The van der Waals surface area contributed by atoms with Crippen LogP contribution in [0.25, 0.3) is 0 Å². The van der Waals surface area contributed by atoms with Crippen LogP contribution in [0.2, 0.25) is 0 Å². The van der Waals surface area contributed by atoms with Crippen molar-refractivity contribution in [1.82, 2.24) is 15.2 Å². The third-order valence-corrected chi connectivity index (χ3v) is 2.54. The van der Waals surface area contributed by atoms with Gasteiger partial charge in [-0.3, -0.25) is 0 Å². The first-order valence-corrected chi connectivity index (χ1v) is 7.33. The molecular weight excluding hydrogens is 278 g/mol. The zero-order valence-electron chi connectivity index (χ0n) is 13.7. The van der Waals surface area contributed by atoms with Gasteiger partial charge in [0.1, 0.15) is 5.75 Å². The maximum atomic E-state index is 5.62. The van der Waals surface area contributed by atoms with E-state index >= 15 is 0 Å². The van der Waals surface area contributed by atoms with Crippen molar-refractivity contribution in [3.63, 3.8) is 0 Å². The molecule has 0 amide bonds. The number of anilines is 3. The summed E-state index contributed by atoms with van der Waals surface area (Å²) in [5.74, 6) is 1.98. The fourth-order valence-corrected chi connectivity index (χ4v) is 1.79. The van der Waals surface area contributed by atoms with Crippen LogP contribution in [0.15, 0.2) is 30.5 Å². The second kappa shape index (κ2) is 6.60. The maximum absolute atomic E-state index is 5.62. The Morgan fingerprint density at radius 3 is 2.36 bits per heavy atom. The van der Waals surface area contributed by atoms with Gasteiger partial charge in [0.25, 0.3) is 0 Å². The predicted octanol–water partition coefficient (Wildman–Crippen LogP) is 3.61. The Kier molecular flexibility index (Phi) is 4.80. The largest absolute Gasteiger partial charge is 0.491 e. The fourth-order valence-electron chi connectivity index (χ4n) is 1.79. The molecule has 1 aromatic heterocycles. The van der Waals surface area contributed by atoms with Crippen molar-refractivity contribution < 1.29 is 4.74 Å². The van der Waals surface area contributed by atoms with Gasteiger partial charge in [-0.05, 0) is 58.9 Å². The number of nitrogens with zero attached hydrogens (tertiary/aromatic N) is 3. The molecule has 2 N–H and O–H groups in total. The number of aromatic nitrogens is 3. The van der Waals surface area contributed by atoms with Crippen molar-refractivity contribution >= 4 is 17.5 Å². The van der Waals surface area contributed by atoms with Crippen LogP contribution in [0, 0.1) is 0 Å². The molecule has 0 radical (unpaired) electrons. The van der Waals surface area contributed by atoms with E-state index in [1.807, 2.05) is 58.9 Å². The molecule has 0 atom stereocenters. The molecule has 118 valence electrons. The first-order chi connectivity index (χ1) is 10.3. The Labute approximate surface area is 131 Å². The van der Waals surface area contributed by atoms with Gasteiger partial charge in [0.15, 0.2) is 5.82 Å². The molecule has 22 heavy (non-hydrogen) atoms. The molecule has 0 aliphatic rings. The smallest absolute Gasteiger partial charge is 0.245 e. The highest BCUT2D eigenvalue weighted by Gasteiger charge is 2.12. The molecule has 0 aliphatic carbocycles. The van der Waals surface area contributed by atoms with Crippen LogP contribution < -0.4 is 15.4 Å². The van der Waals surface area contributed by atoms with Crippen molar-refractivity contribution in [2.24, 2.45) is 0 Å². The van der Waals surface area contributed by atoms with Gasteiger partial charge in [-0.1, -0.05) is 0 Å². The van der Waals surface area contributed by atoms with Gasteiger partial charge in [-0.25, -0.2) is 0 Å². The second-order valence-corrected chi connectivity index (χ2v) is 6.36. The summed E-state index contributed by atoms with van der Waals surface area (Å²) in [4.78, 5) is 4.40.